The lowest BCUT2D eigenvalue weighted by atomic mass is 10.2. The largest absolute Gasteiger partial charge is 0.439 e. The number of ether oxygens (including phenoxy) is 2. The van der Waals surface area contributed by atoms with Gasteiger partial charge < -0.3 is 9.47 Å². The Morgan fingerprint density at radius 3 is 2.41 bits per heavy atom. The van der Waals surface area contributed by atoms with Gasteiger partial charge in [0.1, 0.15) is 5.75 Å². The highest BCUT2D eigenvalue weighted by Gasteiger charge is 2.19. The molecule has 1 aromatic carbocycles. The maximum atomic E-state index is 5.72. The minimum absolute atomic E-state index is 0.00289. The first-order valence-electron chi connectivity index (χ1n) is 6.83. The summed E-state index contributed by atoms with van der Waals surface area (Å²) in [5.74, 6) is 1.24. The van der Waals surface area contributed by atoms with Crippen LogP contribution in [0.3, 0.4) is 0 Å². The van der Waals surface area contributed by atoms with Crippen molar-refractivity contribution in [1.29, 1.82) is 0 Å². The third kappa shape index (κ3) is 6.01. The molecule has 0 bridgehead atoms. The Kier molecular flexibility index (Phi) is 6.33. The van der Waals surface area contributed by atoms with Crippen LogP contribution in [0.4, 0.5) is 0 Å². The molecule has 0 saturated heterocycles. The van der Waals surface area contributed by atoms with Crippen molar-refractivity contribution in [1.82, 2.24) is 4.98 Å². The van der Waals surface area contributed by atoms with Crippen molar-refractivity contribution in [3.8, 4) is 11.6 Å². The van der Waals surface area contributed by atoms with Gasteiger partial charge in [-0.25, -0.2) is 4.98 Å². The summed E-state index contributed by atoms with van der Waals surface area (Å²) in [5.41, 5.74) is 1.96. The van der Waals surface area contributed by atoms with E-state index >= 15 is 0 Å². The Bertz CT molecular complexity index is 597. The van der Waals surface area contributed by atoms with E-state index in [9.17, 15) is 0 Å². The summed E-state index contributed by atoms with van der Waals surface area (Å²) in [6, 6.07) is 13.4. The molecule has 0 aliphatic heterocycles. The van der Waals surface area contributed by atoms with E-state index in [1.165, 1.54) is 5.56 Å². The number of benzene rings is 1. The molecule has 2 aromatic rings. The minimum Gasteiger partial charge on any atom is -0.439 e. The van der Waals surface area contributed by atoms with Crippen LogP contribution < -0.4 is 4.74 Å². The average molecular weight is 361 g/mol. The number of alkyl halides is 3. The summed E-state index contributed by atoms with van der Waals surface area (Å²) in [6.45, 7) is 2.36. The van der Waals surface area contributed by atoms with Crippen molar-refractivity contribution in [2.24, 2.45) is 0 Å². The average Bonchev–Trinajstić information content (AvgIpc) is 2.47. The van der Waals surface area contributed by atoms with Gasteiger partial charge in [0.25, 0.3) is 0 Å². The van der Waals surface area contributed by atoms with Gasteiger partial charge in [-0.05, 0) is 30.2 Å². The normalized spacial score (nSPS) is 11.5. The predicted molar refractivity (Wildman–Crippen MR) is 90.1 cm³/mol. The van der Waals surface area contributed by atoms with Gasteiger partial charge in [-0.1, -0.05) is 59.9 Å². The van der Waals surface area contributed by atoms with Crippen molar-refractivity contribution in [3.05, 3.63) is 53.7 Å². The monoisotopic (exact) mass is 359 g/mol. The Morgan fingerprint density at radius 2 is 1.77 bits per heavy atom. The lowest BCUT2D eigenvalue weighted by molar-refractivity contribution is 0.123. The van der Waals surface area contributed by atoms with E-state index in [1.54, 1.807) is 6.07 Å². The van der Waals surface area contributed by atoms with Gasteiger partial charge in [0, 0.05) is 6.07 Å². The van der Waals surface area contributed by atoms with E-state index in [4.69, 9.17) is 44.3 Å². The molecule has 0 amide bonds. The van der Waals surface area contributed by atoms with Crippen molar-refractivity contribution in [2.45, 2.75) is 23.7 Å². The topological polar surface area (TPSA) is 31.4 Å². The van der Waals surface area contributed by atoms with Gasteiger partial charge in [-0.3, -0.25) is 0 Å². The third-order valence-corrected chi connectivity index (χ3v) is 3.18. The van der Waals surface area contributed by atoms with Crippen LogP contribution in [0.2, 0.25) is 0 Å². The summed E-state index contributed by atoms with van der Waals surface area (Å²) >= 11 is 16.9. The Morgan fingerprint density at radius 1 is 1.05 bits per heavy atom. The Labute approximate surface area is 145 Å². The molecule has 0 aliphatic carbocycles. The van der Waals surface area contributed by atoms with E-state index in [-0.39, 0.29) is 13.2 Å². The van der Waals surface area contributed by atoms with Gasteiger partial charge in [0.05, 0.1) is 18.9 Å². The number of hydrogen-bond acceptors (Lipinski definition) is 3. The molecule has 0 unspecified atom stereocenters. The molecule has 0 saturated carbocycles. The molecule has 2 rings (SSSR count). The van der Waals surface area contributed by atoms with Gasteiger partial charge in [0.15, 0.2) is 0 Å². The molecule has 6 heteroatoms. The maximum Gasteiger partial charge on any atom is 0.219 e. The molecular weight excluding hydrogens is 345 g/mol. The molecule has 0 N–H and O–H groups in total. The van der Waals surface area contributed by atoms with Crippen molar-refractivity contribution < 1.29 is 9.47 Å². The van der Waals surface area contributed by atoms with Crippen LogP contribution >= 0.6 is 34.8 Å². The number of nitrogens with zero attached hydrogens (tertiary/aromatic N) is 1. The number of hydrogen-bond donors (Lipinski definition) is 0. The zero-order valence-electron chi connectivity index (χ0n) is 12.1. The summed E-state index contributed by atoms with van der Waals surface area (Å²) in [7, 11) is 0. The van der Waals surface area contributed by atoms with Gasteiger partial charge in [0.2, 0.25) is 9.67 Å². The van der Waals surface area contributed by atoms with Gasteiger partial charge in [-0.2, -0.15) is 0 Å². The van der Waals surface area contributed by atoms with Crippen LogP contribution in [0.25, 0.3) is 0 Å². The lowest BCUT2D eigenvalue weighted by Gasteiger charge is -2.11. The Hall–Kier alpha value is -1.000. The number of halogens is 3. The van der Waals surface area contributed by atoms with Crippen LogP contribution in [0.5, 0.6) is 11.6 Å². The second-order valence-electron chi connectivity index (χ2n) is 4.67. The summed E-state index contributed by atoms with van der Waals surface area (Å²) < 4.78 is 9.61. The highest BCUT2D eigenvalue weighted by atomic mass is 35.6. The zero-order valence-corrected chi connectivity index (χ0v) is 14.3. The third-order valence-electron chi connectivity index (χ3n) is 2.85. The van der Waals surface area contributed by atoms with Crippen LogP contribution in [0.15, 0.2) is 42.5 Å². The number of pyridine rings is 1. The van der Waals surface area contributed by atoms with E-state index in [0.29, 0.717) is 11.6 Å². The number of rotatable bonds is 6. The molecule has 118 valence electrons. The quantitative estimate of drug-likeness (QED) is 0.653. The molecule has 0 aliphatic rings. The fourth-order valence-electron chi connectivity index (χ4n) is 1.78. The SMILES string of the molecule is CCc1ccc(Oc2cccc(COCC(Cl)(Cl)Cl)n2)cc1. The zero-order chi connectivity index (χ0) is 16.0. The highest BCUT2D eigenvalue weighted by Crippen LogP contribution is 2.26. The molecular formula is C16H16Cl3NO2. The summed E-state index contributed by atoms with van der Waals surface area (Å²) in [6.07, 6.45) is 0.995. The van der Waals surface area contributed by atoms with Crippen LogP contribution in [0, 0.1) is 0 Å². The minimum atomic E-state index is -1.42. The summed E-state index contributed by atoms with van der Waals surface area (Å²) in [5, 5.41) is 0. The molecule has 1 aromatic heterocycles. The van der Waals surface area contributed by atoms with E-state index in [0.717, 1.165) is 12.2 Å². The fraction of sp³-hybridized carbons (Fsp3) is 0.312. The molecule has 0 spiro atoms. The molecule has 1 heterocycles. The van der Waals surface area contributed by atoms with Crippen molar-refractivity contribution in [2.75, 3.05) is 6.61 Å². The van der Waals surface area contributed by atoms with E-state index in [2.05, 4.69) is 11.9 Å². The standard InChI is InChI=1S/C16H16Cl3NO2/c1-2-12-6-8-14(9-7-12)22-15-5-3-4-13(20-15)10-21-11-16(17,18)19/h3-9H,2,10-11H2,1H3. The predicted octanol–water partition coefficient (Wildman–Crippen LogP) is 5.32. The van der Waals surface area contributed by atoms with Crippen LogP contribution in [-0.4, -0.2) is 15.4 Å². The van der Waals surface area contributed by atoms with Gasteiger partial charge >= 0.3 is 0 Å². The van der Waals surface area contributed by atoms with Crippen molar-refractivity contribution in [3.63, 3.8) is 0 Å². The summed E-state index contributed by atoms with van der Waals surface area (Å²) in [4.78, 5) is 4.35. The van der Waals surface area contributed by atoms with Gasteiger partial charge in [-0.15, -0.1) is 0 Å². The second-order valence-corrected chi connectivity index (χ2v) is 7.19. The van der Waals surface area contributed by atoms with Crippen LogP contribution in [0.1, 0.15) is 18.2 Å². The fourth-order valence-corrected chi connectivity index (χ4v) is 2.01. The number of aromatic nitrogens is 1. The number of aryl methyl sites for hydroxylation is 1. The lowest BCUT2D eigenvalue weighted by Crippen LogP contribution is -2.13. The molecule has 3 nitrogen and oxygen atoms in total. The van der Waals surface area contributed by atoms with E-state index < -0.39 is 3.79 Å². The molecule has 0 atom stereocenters. The first-order valence-corrected chi connectivity index (χ1v) is 7.97. The highest BCUT2D eigenvalue weighted by molar-refractivity contribution is 6.67. The molecule has 0 fully saturated rings. The first kappa shape index (κ1) is 17.4. The maximum absolute atomic E-state index is 5.72. The van der Waals surface area contributed by atoms with Crippen LogP contribution in [-0.2, 0) is 17.8 Å². The first-order chi connectivity index (χ1) is 10.5. The van der Waals surface area contributed by atoms with Crippen molar-refractivity contribution >= 4 is 34.8 Å². The second kappa shape index (κ2) is 8.02. The smallest absolute Gasteiger partial charge is 0.219 e. The Balaban J connectivity index is 1.95. The molecule has 22 heavy (non-hydrogen) atoms. The van der Waals surface area contributed by atoms with E-state index in [1.807, 2.05) is 36.4 Å². The molecule has 0 radical (unpaired) electrons.